The molecular weight excluding hydrogens is 310 g/mol. The molecule has 0 atom stereocenters. The Kier molecular flexibility index (Phi) is 3.58. The summed E-state index contributed by atoms with van der Waals surface area (Å²) in [5.41, 5.74) is 0.332. The summed E-state index contributed by atoms with van der Waals surface area (Å²) < 4.78 is 0.967. The van der Waals surface area contributed by atoms with E-state index in [0.717, 1.165) is 3.57 Å². The molecule has 76 valence electrons. The summed E-state index contributed by atoms with van der Waals surface area (Å²) in [7, 11) is 0. The Labute approximate surface area is 103 Å². The van der Waals surface area contributed by atoms with Crippen molar-refractivity contribution in [2.45, 2.75) is 20.8 Å². The molecule has 0 aromatic heterocycles. The van der Waals surface area contributed by atoms with Crippen LogP contribution in [0.1, 0.15) is 31.1 Å². The lowest BCUT2D eigenvalue weighted by Gasteiger charge is -2.16. The molecule has 0 radical (unpaired) electrons. The maximum atomic E-state index is 11.9. The quantitative estimate of drug-likeness (QED) is 0.560. The standard InChI is InChI=1S/C11H12ClIO/c1-11(2,3)10(14)7-4-5-9(13)8(12)6-7/h4-6H,1-3H3. The van der Waals surface area contributed by atoms with Gasteiger partial charge in [0, 0.05) is 14.5 Å². The van der Waals surface area contributed by atoms with Gasteiger partial charge < -0.3 is 0 Å². The molecule has 0 unspecified atom stereocenters. The molecule has 0 fully saturated rings. The number of ketones is 1. The fraction of sp³-hybridized carbons (Fsp3) is 0.364. The van der Waals surface area contributed by atoms with E-state index in [4.69, 9.17) is 11.6 Å². The monoisotopic (exact) mass is 322 g/mol. The van der Waals surface area contributed by atoms with E-state index in [9.17, 15) is 4.79 Å². The molecule has 0 amide bonds. The molecule has 3 heteroatoms. The van der Waals surface area contributed by atoms with Crippen LogP contribution in [-0.4, -0.2) is 5.78 Å². The Balaban J connectivity index is 3.10. The predicted octanol–water partition coefficient (Wildman–Crippen LogP) is 4.17. The van der Waals surface area contributed by atoms with Crippen LogP contribution in [0.5, 0.6) is 0 Å². The van der Waals surface area contributed by atoms with Gasteiger partial charge >= 0.3 is 0 Å². The van der Waals surface area contributed by atoms with Crippen molar-refractivity contribution in [2.75, 3.05) is 0 Å². The number of rotatable bonds is 1. The maximum absolute atomic E-state index is 11.9. The number of benzene rings is 1. The number of carbonyl (C=O) groups is 1. The second-order valence-electron chi connectivity index (χ2n) is 4.21. The van der Waals surface area contributed by atoms with Gasteiger partial charge in [-0.1, -0.05) is 38.4 Å². The smallest absolute Gasteiger partial charge is 0.168 e. The average Bonchev–Trinajstić information content (AvgIpc) is 2.07. The highest BCUT2D eigenvalue weighted by Crippen LogP contribution is 2.25. The number of halogens is 2. The van der Waals surface area contributed by atoms with Gasteiger partial charge in [0.1, 0.15) is 0 Å². The lowest BCUT2D eigenvalue weighted by molar-refractivity contribution is 0.0858. The Morgan fingerprint density at radius 1 is 1.36 bits per heavy atom. The van der Waals surface area contributed by atoms with Crippen LogP contribution in [-0.2, 0) is 0 Å². The predicted molar refractivity (Wildman–Crippen MR) is 68.0 cm³/mol. The SMILES string of the molecule is CC(C)(C)C(=O)c1ccc(I)c(Cl)c1. The third kappa shape index (κ3) is 2.70. The van der Waals surface area contributed by atoms with Crippen LogP contribution in [0.25, 0.3) is 0 Å². The Morgan fingerprint density at radius 3 is 2.36 bits per heavy atom. The molecule has 14 heavy (non-hydrogen) atoms. The molecule has 0 bridgehead atoms. The van der Waals surface area contributed by atoms with Crippen LogP contribution in [0.3, 0.4) is 0 Å². The number of hydrogen-bond acceptors (Lipinski definition) is 1. The van der Waals surface area contributed by atoms with Gasteiger partial charge in [-0.25, -0.2) is 0 Å². The van der Waals surface area contributed by atoms with Crippen molar-refractivity contribution in [3.8, 4) is 0 Å². The van der Waals surface area contributed by atoms with Crippen LogP contribution in [0.15, 0.2) is 18.2 Å². The van der Waals surface area contributed by atoms with Crippen LogP contribution in [0.4, 0.5) is 0 Å². The molecular formula is C11H12ClIO. The van der Waals surface area contributed by atoms with E-state index in [0.29, 0.717) is 10.6 Å². The van der Waals surface area contributed by atoms with Crippen molar-refractivity contribution >= 4 is 40.0 Å². The number of carbonyl (C=O) groups excluding carboxylic acids is 1. The summed E-state index contributed by atoms with van der Waals surface area (Å²) in [5, 5.41) is 0.640. The van der Waals surface area contributed by atoms with Gasteiger partial charge in [-0.3, -0.25) is 4.79 Å². The van der Waals surface area contributed by atoms with E-state index in [2.05, 4.69) is 22.6 Å². The second kappa shape index (κ2) is 4.19. The largest absolute Gasteiger partial charge is 0.294 e. The maximum Gasteiger partial charge on any atom is 0.168 e. The highest BCUT2D eigenvalue weighted by atomic mass is 127. The van der Waals surface area contributed by atoms with Crippen molar-refractivity contribution in [2.24, 2.45) is 5.41 Å². The highest BCUT2D eigenvalue weighted by Gasteiger charge is 2.23. The summed E-state index contributed by atoms with van der Waals surface area (Å²) in [4.78, 5) is 11.9. The molecule has 1 rings (SSSR count). The molecule has 0 aliphatic carbocycles. The Morgan fingerprint density at radius 2 is 1.93 bits per heavy atom. The fourth-order valence-electron chi connectivity index (χ4n) is 1.07. The molecule has 1 aromatic rings. The van der Waals surface area contributed by atoms with Crippen molar-refractivity contribution in [1.29, 1.82) is 0 Å². The van der Waals surface area contributed by atoms with Gasteiger partial charge in [0.2, 0.25) is 0 Å². The molecule has 0 saturated carbocycles. The van der Waals surface area contributed by atoms with Gasteiger partial charge in [0.05, 0.1) is 5.02 Å². The van der Waals surface area contributed by atoms with Crippen molar-refractivity contribution in [3.63, 3.8) is 0 Å². The van der Waals surface area contributed by atoms with Gasteiger partial charge in [0.15, 0.2) is 5.78 Å². The number of Topliss-reactive ketones (excluding diaryl/α,β-unsaturated/α-hetero) is 1. The molecule has 0 aliphatic heterocycles. The van der Waals surface area contributed by atoms with E-state index < -0.39 is 0 Å². The molecule has 0 heterocycles. The molecule has 0 saturated heterocycles. The summed E-state index contributed by atoms with van der Waals surface area (Å²) in [6.45, 7) is 5.71. The minimum atomic E-state index is -0.351. The van der Waals surface area contributed by atoms with Gasteiger partial charge in [-0.2, -0.15) is 0 Å². The minimum absolute atomic E-state index is 0.121. The fourth-order valence-corrected chi connectivity index (χ4v) is 1.59. The first-order valence-electron chi connectivity index (χ1n) is 4.32. The van der Waals surface area contributed by atoms with Gasteiger partial charge in [-0.05, 0) is 34.7 Å². The van der Waals surface area contributed by atoms with E-state index in [1.807, 2.05) is 32.9 Å². The zero-order valence-corrected chi connectivity index (χ0v) is 11.3. The Bertz CT molecular complexity index is 366. The minimum Gasteiger partial charge on any atom is -0.294 e. The molecule has 0 spiro atoms. The van der Waals surface area contributed by atoms with E-state index in [-0.39, 0.29) is 11.2 Å². The van der Waals surface area contributed by atoms with Crippen LogP contribution >= 0.6 is 34.2 Å². The summed E-state index contributed by atoms with van der Waals surface area (Å²) in [6, 6.07) is 5.42. The van der Waals surface area contributed by atoms with Crippen LogP contribution < -0.4 is 0 Å². The van der Waals surface area contributed by atoms with Crippen molar-refractivity contribution < 1.29 is 4.79 Å². The number of hydrogen-bond donors (Lipinski definition) is 0. The average molecular weight is 323 g/mol. The summed E-state index contributed by atoms with van der Waals surface area (Å²) in [5.74, 6) is 0.121. The third-order valence-corrected chi connectivity index (χ3v) is 3.44. The highest BCUT2D eigenvalue weighted by molar-refractivity contribution is 14.1. The first-order chi connectivity index (χ1) is 6.32. The van der Waals surface area contributed by atoms with Crippen molar-refractivity contribution in [1.82, 2.24) is 0 Å². The summed E-state index contributed by atoms with van der Waals surface area (Å²) >= 11 is 8.09. The molecule has 0 aliphatic rings. The van der Waals surface area contributed by atoms with E-state index >= 15 is 0 Å². The molecule has 0 N–H and O–H groups in total. The van der Waals surface area contributed by atoms with Crippen LogP contribution in [0.2, 0.25) is 5.02 Å². The lowest BCUT2D eigenvalue weighted by atomic mass is 9.87. The lowest BCUT2D eigenvalue weighted by Crippen LogP contribution is -2.20. The zero-order chi connectivity index (χ0) is 10.9. The Hall–Kier alpha value is -0.0900. The summed E-state index contributed by atoms with van der Waals surface area (Å²) in [6.07, 6.45) is 0. The first kappa shape index (κ1) is 12.0. The van der Waals surface area contributed by atoms with E-state index in [1.54, 1.807) is 6.07 Å². The van der Waals surface area contributed by atoms with E-state index in [1.165, 1.54) is 0 Å². The molecule has 1 nitrogen and oxygen atoms in total. The zero-order valence-electron chi connectivity index (χ0n) is 8.40. The van der Waals surface area contributed by atoms with Gasteiger partial charge in [-0.15, -0.1) is 0 Å². The molecule has 1 aromatic carbocycles. The van der Waals surface area contributed by atoms with Crippen LogP contribution in [0, 0.1) is 8.99 Å². The first-order valence-corrected chi connectivity index (χ1v) is 5.78. The topological polar surface area (TPSA) is 17.1 Å². The second-order valence-corrected chi connectivity index (χ2v) is 5.78. The van der Waals surface area contributed by atoms with Crippen molar-refractivity contribution in [3.05, 3.63) is 32.4 Å². The normalized spacial score (nSPS) is 11.5. The third-order valence-electron chi connectivity index (χ3n) is 1.86. The van der Waals surface area contributed by atoms with Gasteiger partial charge in [0.25, 0.3) is 0 Å².